The first-order valence-electron chi connectivity index (χ1n) is 8.58. The lowest BCUT2D eigenvalue weighted by molar-refractivity contribution is -0.145. The first-order chi connectivity index (χ1) is 11.2. The van der Waals surface area contributed by atoms with E-state index in [1.54, 1.807) is 4.90 Å². The molecule has 3 rings (SSSR count). The highest BCUT2D eigenvalue weighted by Gasteiger charge is 2.27. The van der Waals surface area contributed by atoms with E-state index in [0.29, 0.717) is 0 Å². The molecule has 0 saturated carbocycles. The Morgan fingerprint density at radius 1 is 1.00 bits per heavy atom. The van der Waals surface area contributed by atoms with Crippen LogP contribution in [0.25, 0.3) is 0 Å². The maximum Gasteiger partial charge on any atom is 0.311 e. The lowest BCUT2D eigenvalue weighted by atomic mass is 10.0. The zero-order valence-electron chi connectivity index (χ0n) is 13.5. The van der Waals surface area contributed by atoms with Crippen LogP contribution in [0.3, 0.4) is 0 Å². The number of amides is 2. The van der Waals surface area contributed by atoms with Crippen LogP contribution < -0.4 is 5.32 Å². The van der Waals surface area contributed by atoms with Crippen molar-refractivity contribution in [3.05, 3.63) is 35.9 Å². The summed E-state index contributed by atoms with van der Waals surface area (Å²) in [6.07, 6.45) is 3.84. The molecule has 2 aliphatic rings. The highest BCUT2D eigenvalue weighted by atomic mass is 16.2. The first-order valence-corrected chi connectivity index (χ1v) is 8.58. The number of nitrogens with one attached hydrogen (secondary N) is 1. The fourth-order valence-electron chi connectivity index (χ4n) is 3.39. The Morgan fingerprint density at radius 3 is 2.30 bits per heavy atom. The second-order valence-electron chi connectivity index (χ2n) is 6.51. The molecule has 5 heteroatoms. The van der Waals surface area contributed by atoms with Crippen LogP contribution in [-0.4, -0.2) is 53.8 Å². The summed E-state index contributed by atoms with van der Waals surface area (Å²) in [6.45, 7) is 4.31. The Labute approximate surface area is 137 Å². The Balaban J connectivity index is 1.42. The third kappa shape index (κ3) is 4.32. The molecule has 2 saturated heterocycles. The number of hydrogen-bond donors (Lipinski definition) is 1. The van der Waals surface area contributed by atoms with Crippen molar-refractivity contribution in [1.82, 2.24) is 15.1 Å². The number of benzene rings is 1. The highest BCUT2D eigenvalue weighted by molar-refractivity contribution is 6.35. The van der Waals surface area contributed by atoms with Crippen LogP contribution in [0, 0.1) is 0 Å². The van der Waals surface area contributed by atoms with E-state index in [1.165, 1.54) is 5.56 Å². The molecular weight excluding hydrogens is 290 g/mol. The van der Waals surface area contributed by atoms with Crippen LogP contribution in [0.15, 0.2) is 30.3 Å². The quantitative estimate of drug-likeness (QED) is 0.858. The zero-order valence-corrected chi connectivity index (χ0v) is 13.5. The molecule has 0 aromatic heterocycles. The summed E-state index contributed by atoms with van der Waals surface area (Å²) in [7, 11) is 0. The van der Waals surface area contributed by atoms with E-state index in [4.69, 9.17) is 0 Å². The van der Waals surface area contributed by atoms with Gasteiger partial charge in [0.15, 0.2) is 0 Å². The molecule has 0 spiro atoms. The summed E-state index contributed by atoms with van der Waals surface area (Å²) in [5, 5.41) is 2.92. The van der Waals surface area contributed by atoms with Crippen molar-refractivity contribution in [3.63, 3.8) is 0 Å². The molecule has 2 aliphatic heterocycles. The number of piperidine rings is 1. The van der Waals surface area contributed by atoms with Gasteiger partial charge in [0.25, 0.3) is 0 Å². The smallest absolute Gasteiger partial charge is 0.311 e. The largest absolute Gasteiger partial charge is 0.345 e. The number of likely N-dealkylation sites (tertiary alicyclic amines) is 2. The molecule has 0 unspecified atom stereocenters. The third-order valence-electron chi connectivity index (χ3n) is 4.76. The molecule has 1 aromatic rings. The molecule has 0 bridgehead atoms. The summed E-state index contributed by atoms with van der Waals surface area (Å²) in [4.78, 5) is 28.2. The summed E-state index contributed by atoms with van der Waals surface area (Å²) < 4.78 is 0. The first kappa shape index (κ1) is 16.0. The maximum atomic E-state index is 12.1. The Hall–Kier alpha value is -1.88. The van der Waals surface area contributed by atoms with Crippen molar-refractivity contribution in [1.29, 1.82) is 0 Å². The van der Waals surface area contributed by atoms with Crippen LogP contribution in [0.5, 0.6) is 0 Å². The Morgan fingerprint density at radius 2 is 1.65 bits per heavy atom. The number of hydrogen-bond acceptors (Lipinski definition) is 3. The number of carbonyl (C=O) groups is 2. The van der Waals surface area contributed by atoms with Gasteiger partial charge in [-0.1, -0.05) is 30.3 Å². The molecule has 0 atom stereocenters. The minimum atomic E-state index is -0.423. The topological polar surface area (TPSA) is 52.7 Å². The van der Waals surface area contributed by atoms with E-state index in [0.717, 1.165) is 58.4 Å². The normalized spacial score (nSPS) is 19.7. The van der Waals surface area contributed by atoms with Gasteiger partial charge in [0, 0.05) is 38.8 Å². The summed E-state index contributed by atoms with van der Waals surface area (Å²) in [5.74, 6) is -0.775. The standard InChI is InChI=1S/C18H25N3O2/c22-17(18(23)21-10-4-5-11-21)19-16-8-12-20(13-9-16)14-15-6-2-1-3-7-15/h1-3,6-7,16H,4-5,8-14H2,(H,19,22). The number of rotatable bonds is 3. The fourth-order valence-corrected chi connectivity index (χ4v) is 3.39. The van der Waals surface area contributed by atoms with Crippen LogP contribution in [0.2, 0.25) is 0 Å². The van der Waals surface area contributed by atoms with Crippen LogP contribution in [0.1, 0.15) is 31.2 Å². The molecular formula is C18H25N3O2. The van der Waals surface area contributed by atoms with Crippen molar-refractivity contribution in [2.24, 2.45) is 0 Å². The minimum absolute atomic E-state index is 0.126. The zero-order chi connectivity index (χ0) is 16.1. The fraction of sp³-hybridized carbons (Fsp3) is 0.556. The van der Waals surface area contributed by atoms with Gasteiger partial charge < -0.3 is 10.2 Å². The number of carbonyl (C=O) groups excluding carboxylic acids is 2. The van der Waals surface area contributed by atoms with Gasteiger partial charge in [-0.2, -0.15) is 0 Å². The van der Waals surface area contributed by atoms with E-state index in [9.17, 15) is 9.59 Å². The average molecular weight is 315 g/mol. The maximum absolute atomic E-state index is 12.1. The average Bonchev–Trinajstić information content (AvgIpc) is 3.11. The van der Waals surface area contributed by atoms with Crippen LogP contribution in [0.4, 0.5) is 0 Å². The highest BCUT2D eigenvalue weighted by Crippen LogP contribution is 2.14. The van der Waals surface area contributed by atoms with Crippen molar-refractivity contribution in [2.75, 3.05) is 26.2 Å². The van der Waals surface area contributed by atoms with Gasteiger partial charge in [-0.05, 0) is 31.2 Å². The van der Waals surface area contributed by atoms with Gasteiger partial charge >= 0.3 is 11.8 Å². The molecule has 0 aliphatic carbocycles. The Bertz CT molecular complexity index is 532. The molecule has 1 aromatic carbocycles. The van der Waals surface area contributed by atoms with E-state index in [-0.39, 0.29) is 11.9 Å². The third-order valence-corrected chi connectivity index (χ3v) is 4.76. The van der Waals surface area contributed by atoms with E-state index < -0.39 is 5.91 Å². The van der Waals surface area contributed by atoms with Crippen LogP contribution in [-0.2, 0) is 16.1 Å². The van der Waals surface area contributed by atoms with Gasteiger partial charge in [-0.15, -0.1) is 0 Å². The van der Waals surface area contributed by atoms with E-state index in [2.05, 4.69) is 34.5 Å². The van der Waals surface area contributed by atoms with Crippen molar-refractivity contribution >= 4 is 11.8 Å². The monoisotopic (exact) mass is 315 g/mol. The summed E-state index contributed by atoms with van der Waals surface area (Å²) >= 11 is 0. The summed E-state index contributed by atoms with van der Waals surface area (Å²) in [5.41, 5.74) is 1.32. The van der Waals surface area contributed by atoms with Gasteiger partial charge in [-0.3, -0.25) is 14.5 Å². The second kappa shape index (κ2) is 7.59. The van der Waals surface area contributed by atoms with Crippen molar-refractivity contribution < 1.29 is 9.59 Å². The number of nitrogens with zero attached hydrogens (tertiary/aromatic N) is 2. The van der Waals surface area contributed by atoms with Gasteiger partial charge in [0.05, 0.1) is 0 Å². The SMILES string of the molecule is O=C(NC1CCN(Cc2ccccc2)CC1)C(=O)N1CCCC1. The molecule has 5 nitrogen and oxygen atoms in total. The predicted molar refractivity (Wildman–Crippen MR) is 88.7 cm³/mol. The lowest BCUT2D eigenvalue weighted by Crippen LogP contribution is -2.49. The van der Waals surface area contributed by atoms with Gasteiger partial charge in [-0.25, -0.2) is 0 Å². The molecule has 124 valence electrons. The van der Waals surface area contributed by atoms with E-state index >= 15 is 0 Å². The minimum Gasteiger partial charge on any atom is -0.345 e. The molecule has 2 amide bonds. The molecule has 2 fully saturated rings. The van der Waals surface area contributed by atoms with E-state index in [1.807, 2.05) is 6.07 Å². The molecule has 23 heavy (non-hydrogen) atoms. The van der Waals surface area contributed by atoms with Crippen LogP contribution >= 0.6 is 0 Å². The van der Waals surface area contributed by atoms with Crippen molar-refractivity contribution in [3.8, 4) is 0 Å². The molecule has 0 radical (unpaired) electrons. The van der Waals surface area contributed by atoms with Crippen molar-refractivity contribution in [2.45, 2.75) is 38.3 Å². The van der Waals surface area contributed by atoms with Gasteiger partial charge in [0.1, 0.15) is 0 Å². The van der Waals surface area contributed by atoms with Gasteiger partial charge in [0.2, 0.25) is 0 Å². The molecule has 1 N–H and O–H groups in total. The predicted octanol–water partition coefficient (Wildman–Crippen LogP) is 1.39. The lowest BCUT2D eigenvalue weighted by Gasteiger charge is -2.32. The second-order valence-corrected chi connectivity index (χ2v) is 6.51. The Kier molecular flexibility index (Phi) is 5.28. The molecule has 2 heterocycles. The summed E-state index contributed by atoms with van der Waals surface area (Å²) in [6, 6.07) is 10.6.